The zero-order valence-electron chi connectivity index (χ0n) is 18.4. The van der Waals surface area contributed by atoms with Crippen molar-refractivity contribution in [3.8, 4) is 0 Å². The van der Waals surface area contributed by atoms with Gasteiger partial charge < -0.3 is 5.32 Å². The molecule has 0 saturated carbocycles. The van der Waals surface area contributed by atoms with Gasteiger partial charge in [-0.15, -0.1) is 0 Å². The Hall–Kier alpha value is -2.95. The molecule has 0 spiro atoms. The first-order valence-electron chi connectivity index (χ1n) is 11.1. The minimum Gasteiger partial charge on any atom is -0.311 e. The van der Waals surface area contributed by atoms with Crippen molar-refractivity contribution in [2.75, 3.05) is 31.1 Å². The van der Waals surface area contributed by atoms with Gasteiger partial charge >= 0.3 is 0 Å². The van der Waals surface area contributed by atoms with Crippen LogP contribution < -0.4 is 10.2 Å². The van der Waals surface area contributed by atoms with E-state index in [0.29, 0.717) is 6.54 Å². The molecule has 0 bridgehead atoms. The van der Waals surface area contributed by atoms with Gasteiger partial charge in [-0.2, -0.15) is 0 Å². The average Bonchev–Trinajstić information content (AvgIpc) is 2.78. The van der Waals surface area contributed by atoms with Crippen molar-refractivity contribution in [3.05, 3.63) is 102 Å². The van der Waals surface area contributed by atoms with Crippen LogP contribution in [0, 0.1) is 0 Å². The molecule has 1 amide bonds. The van der Waals surface area contributed by atoms with Gasteiger partial charge in [-0.25, -0.2) is 0 Å². The van der Waals surface area contributed by atoms with E-state index in [1.165, 1.54) is 5.56 Å². The first-order chi connectivity index (χ1) is 15.3. The number of allylic oxidation sites excluding steroid dienone is 5. The predicted molar refractivity (Wildman–Crippen MR) is 130 cm³/mol. The molecule has 0 heterocycles. The van der Waals surface area contributed by atoms with Crippen LogP contribution >= 0.6 is 0 Å². The Kier molecular flexibility index (Phi) is 9.30. The van der Waals surface area contributed by atoms with E-state index in [-0.39, 0.29) is 5.91 Å². The monoisotopic (exact) mass is 415 g/mol. The normalized spacial score (nSPS) is 16.3. The summed E-state index contributed by atoms with van der Waals surface area (Å²) >= 11 is 0. The number of likely N-dealkylation sites (N-methyl/N-ethyl adjacent to an activating group) is 1. The van der Waals surface area contributed by atoms with Crippen molar-refractivity contribution in [2.45, 2.75) is 26.3 Å². The van der Waals surface area contributed by atoms with Crippen LogP contribution in [0.5, 0.6) is 0 Å². The molecular formula is C27H33N3O. The molecule has 3 rings (SSSR count). The van der Waals surface area contributed by atoms with E-state index < -0.39 is 0 Å². The number of nitrogens with one attached hydrogen (secondary N) is 1. The fourth-order valence-electron chi connectivity index (χ4n) is 3.62. The Bertz CT molecular complexity index is 887. The van der Waals surface area contributed by atoms with Crippen LogP contribution in [0.25, 0.3) is 0 Å². The number of rotatable bonds is 10. The van der Waals surface area contributed by atoms with E-state index in [2.05, 4.69) is 71.8 Å². The van der Waals surface area contributed by atoms with Crippen molar-refractivity contribution in [2.24, 2.45) is 0 Å². The summed E-state index contributed by atoms with van der Waals surface area (Å²) in [6.07, 6.45) is 12.1. The van der Waals surface area contributed by atoms with E-state index in [0.717, 1.165) is 50.4 Å². The van der Waals surface area contributed by atoms with Gasteiger partial charge in [0, 0.05) is 37.4 Å². The smallest absolute Gasteiger partial charge is 0.245 e. The van der Waals surface area contributed by atoms with Crippen molar-refractivity contribution >= 4 is 11.6 Å². The Balaban J connectivity index is 1.62. The predicted octanol–water partition coefficient (Wildman–Crippen LogP) is 4.92. The summed E-state index contributed by atoms with van der Waals surface area (Å²) in [5, 5.41) is 3.48. The largest absolute Gasteiger partial charge is 0.311 e. The first-order valence-corrected chi connectivity index (χ1v) is 11.1. The zero-order valence-corrected chi connectivity index (χ0v) is 18.4. The lowest BCUT2D eigenvalue weighted by molar-refractivity contribution is -0.119. The molecule has 0 atom stereocenters. The van der Waals surface area contributed by atoms with Crippen LogP contribution in [0.4, 0.5) is 5.69 Å². The number of amides is 1. The summed E-state index contributed by atoms with van der Waals surface area (Å²) in [5.74, 6) is 0.111. The number of nitrogens with zero attached hydrogens (tertiary/aromatic N) is 2. The second kappa shape index (κ2) is 12.7. The third-order valence-electron chi connectivity index (χ3n) is 5.33. The Morgan fingerprint density at radius 3 is 2.42 bits per heavy atom. The standard InChI is InChI=1S/C27H33N3O/c1-2-29(21-20-28-22-24-14-8-6-9-15-24)23-27(31)30(26-18-12-7-13-19-26)25-16-10-4-3-5-11-17-25/h3-10,12-15,17-19,28H,2,11,16,20-23H2,1H3/b5-3?,10-4-,25-17+. The third-order valence-corrected chi connectivity index (χ3v) is 5.33. The van der Waals surface area contributed by atoms with Crippen molar-refractivity contribution < 1.29 is 4.79 Å². The number of hydrogen-bond acceptors (Lipinski definition) is 3. The summed E-state index contributed by atoms with van der Waals surface area (Å²) in [6, 6.07) is 20.4. The Morgan fingerprint density at radius 2 is 1.68 bits per heavy atom. The Morgan fingerprint density at radius 1 is 0.968 bits per heavy atom. The number of para-hydroxylation sites is 1. The van der Waals surface area contributed by atoms with Crippen molar-refractivity contribution in [3.63, 3.8) is 0 Å². The lowest BCUT2D eigenvalue weighted by Gasteiger charge is -2.29. The minimum atomic E-state index is 0.111. The molecule has 0 radical (unpaired) electrons. The van der Waals surface area contributed by atoms with Gasteiger partial charge in [0.2, 0.25) is 5.91 Å². The second-order valence-electron chi connectivity index (χ2n) is 7.59. The molecule has 0 aromatic heterocycles. The quantitative estimate of drug-likeness (QED) is 0.560. The molecule has 0 aliphatic heterocycles. The number of hydrogen-bond donors (Lipinski definition) is 1. The van der Waals surface area contributed by atoms with Gasteiger partial charge in [0.1, 0.15) is 0 Å². The third kappa shape index (κ3) is 7.35. The highest BCUT2D eigenvalue weighted by Crippen LogP contribution is 2.23. The molecule has 0 saturated heterocycles. The summed E-state index contributed by atoms with van der Waals surface area (Å²) in [4.78, 5) is 17.5. The molecule has 0 fully saturated rings. The molecule has 2 aromatic carbocycles. The van der Waals surface area contributed by atoms with Crippen LogP contribution in [-0.2, 0) is 11.3 Å². The van der Waals surface area contributed by atoms with Gasteiger partial charge in [0.15, 0.2) is 0 Å². The molecule has 4 nitrogen and oxygen atoms in total. The zero-order chi connectivity index (χ0) is 21.7. The van der Waals surface area contributed by atoms with Gasteiger partial charge in [0.05, 0.1) is 6.54 Å². The highest BCUT2D eigenvalue weighted by atomic mass is 16.2. The fourth-order valence-corrected chi connectivity index (χ4v) is 3.62. The van der Waals surface area contributed by atoms with Gasteiger partial charge in [-0.3, -0.25) is 14.6 Å². The minimum absolute atomic E-state index is 0.111. The molecule has 1 N–H and O–H groups in total. The molecule has 1 aliphatic rings. The fraction of sp³-hybridized carbons (Fsp3) is 0.296. The topological polar surface area (TPSA) is 35.6 Å². The van der Waals surface area contributed by atoms with E-state index >= 15 is 0 Å². The summed E-state index contributed by atoms with van der Waals surface area (Å²) in [7, 11) is 0. The lowest BCUT2D eigenvalue weighted by atomic mass is 10.1. The second-order valence-corrected chi connectivity index (χ2v) is 7.59. The molecule has 31 heavy (non-hydrogen) atoms. The molecule has 1 aliphatic carbocycles. The summed E-state index contributed by atoms with van der Waals surface area (Å²) < 4.78 is 0. The molecule has 2 aromatic rings. The number of carbonyl (C=O) groups is 1. The maximum absolute atomic E-state index is 13.4. The maximum Gasteiger partial charge on any atom is 0.245 e. The SMILES string of the molecule is CCN(CCNCc1ccccc1)CC(=O)N(/C1=C/CC=C/C=C\C1)c1ccccc1. The highest BCUT2D eigenvalue weighted by Gasteiger charge is 2.21. The van der Waals surface area contributed by atoms with Crippen molar-refractivity contribution in [1.29, 1.82) is 0 Å². The van der Waals surface area contributed by atoms with Crippen LogP contribution in [0.15, 0.2) is 96.7 Å². The highest BCUT2D eigenvalue weighted by molar-refractivity contribution is 5.97. The molecule has 4 heteroatoms. The van der Waals surface area contributed by atoms with Gasteiger partial charge in [0.25, 0.3) is 0 Å². The molecular weight excluding hydrogens is 382 g/mol. The van der Waals surface area contributed by atoms with Crippen molar-refractivity contribution in [1.82, 2.24) is 10.2 Å². The van der Waals surface area contributed by atoms with E-state index in [9.17, 15) is 4.79 Å². The maximum atomic E-state index is 13.4. The van der Waals surface area contributed by atoms with E-state index in [1.807, 2.05) is 41.3 Å². The van der Waals surface area contributed by atoms with E-state index in [1.54, 1.807) is 0 Å². The van der Waals surface area contributed by atoms with E-state index in [4.69, 9.17) is 0 Å². The number of carbonyl (C=O) groups excluding carboxylic acids is 1. The van der Waals surface area contributed by atoms with Crippen LogP contribution in [0.2, 0.25) is 0 Å². The van der Waals surface area contributed by atoms with Crippen LogP contribution in [0.1, 0.15) is 25.3 Å². The average molecular weight is 416 g/mol. The molecule has 162 valence electrons. The Labute approximate surface area is 186 Å². The van der Waals surface area contributed by atoms with Gasteiger partial charge in [-0.05, 0) is 30.7 Å². The molecule has 0 unspecified atom stereocenters. The summed E-state index contributed by atoms with van der Waals surface area (Å²) in [5.41, 5.74) is 3.24. The number of benzene rings is 2. The van der Waals surface area contributed by atoms with Gasteiger partial charge in [-0.1, -0.05) is 85.8 Å². The first kappa shape index (κ1) is 22.7. The number of anilines is 1. The van der Waals surface area contributed by atoms with Crippen LogP contribution in [-0.4, -0.2) is 37.0 Å². The van der Waals surface area contributed by atoms with Crippen LogP contribution in [0.3, 0.4) is 0 Å². The summed E-state index contributed by atoms with van der Waals surface area (Å²) in [6.45, 7) is 5.87. The lowest BCUT2D eigenvalue weighted by Crippen LogP contribution is -2.42.